The molecule has 0 bridgehead atoms. The minimum absolute atomic E-state index is 0.810. The van der Waals surface area contributed by atoms with E-state index in [0.29, 0.717) is 0 Å². The van der Waals surface area contributed by atoms with Crippen LogP contribution >= 0.6 is 0 Å². The second kappa shape index (κ2) is 5.73. The average Bonchev–Trinajstić information content (AvgIpc) is 2.20. The molecule has 0 nitrogen and oxygen atoms in total. The number of rotatable bonds is 4. The highest BCUT2D eigenvalue weighted by Crippen LogP contribution is 2.52. The third kappa shape index (κ3) is 2.70. The van der Waals surface area contributed by atoms with Gasteiger partial charge in [-0.15, -0.1) is 0 Å². The average molecular weight is 253 g/mol. The molecule has 0 N–H and O–H groups in total. The standard InChI is InChI=1S/C16H32Si/c1-12(2)17(13(3)4,14(5)6)16-10-8-15(7)9-11-16/h8,10,12-16H,9,11H2,1-7H3/t15-,16+/m0/s1. The molecule has 1 rings (SSSR count). The summed E-state index contributed by atoms with van der Waals surface area (Å²) in [6, 6.07) is 0. The van der Waals surface area contributed by atoms with Crippen molar-refractivity contribution < 1.29 is 0 Å². The number of hydrogen-bond donors (Lipinski definition) is 0. The van der Waals surface area contributed by atoms with E-state index in [1.165, 1.54) is 12.8 Å². The molecular formula is C16H32Si. The van der Waals surface area contributed by atoms with E-state index in [9.17, 15) is 0 Å². The molecule has 17 heavy (non-hydrogen) atoms. The minimum Gasteiger partial charge on any atom is -0.0878 e. The van der Waals surface area contributed by atoms with E-state index in [-0.39, 0.29) is 0 Å². The van der Waals surface area contributed by atoms with Crippen molar-refractivity contribution in [2.75, 3.05) is 0 Å². The minimum atomic E-state index is -1.24. The lowest BCUT2D eigenvalue weighted by Crippen LogP contribution is -2.48. The van der Waals surface area contributed by atoms with Crippen LogP contribution in [0.5, 0.6) is 0 Å². The van der Waals surface area contributed by atoms with Gasteiger partial charge in [0.15, 0.2) is 0 Å². The zero-order valence-corrected chi connectivity index (χ0v) is 14.0. The van der Waals surface area contributed by atoms with E-state index in [1.807, 2.05) is 0 Å². The molecule has 0 spiro atoms. The maximum atomic E-state index is 2.60. The summed E-state index contributed by atoms with van der Waals surface area (Å²) in [5, 5.41) is 0. The molecule has 100 valence electrons. The van der Waals surface area contributed by atoms with Crippen molar-refractivity contribution in [3.05, 3.63) is 12.2 Å². The first kappa shape index (κ1) is 15.0. The Morgan fingerprint density at radius 1 is 0.824 bits per heavy atom. The van der Waals surface area contributed by atoms with Crippen LogP contribution in [0.4, 0.5) is 0 Å². The van der Waals surface area contributed by atoms with Crippen LogP contribution in [-0.2, 0) is 0 Å². The Hall–Kier alpha value is -0.0431. The van der Waals surface area contributed by atoms with E-state index >= 15 is 0 Å². The first-order valence-electron chi connectivity index (χ1n) is 7.51. The van der Waals surface area contributed by atoms with Gasteiger partial charge in [-0.05, 0) is 24.3 Å². The molecule has 0 saturated carbocycles. The summed E-state index contributed by atoms with van der Waals surface area (Å²) in [7, 11) is -1.24. The Morgan fingerprint density at radius 2 is 1.29 bits per heavy atom. The zero-order valence-electron chi connectivity index (χ0n) is 13.0. The molecule has 1 heteroatoms. The van der Waals surface area contributed by atoms with Crippen LogP contribution in [0.15, 0.2) is 12.2 Å². The lowest BCUT2D eigenvalue weighted by molar-refractivity contribution is 0.561. The molecule has 0 fully saturated rings. The second-order valence-corrected chi connectivity index (χ2v) is 13.2. The highest BCUT2D eigenvalue weighted by atomic mass is 28.3. The van der Waals surface area contributed by atoms with Crippen LogP contribution in [0, 0.1) is 5.92 Å². The molecule has 2 atom stereocenters. The van der Waals surface area contributed by atoms with E-state index in [1.54, 1.807) is 0 Å². The van der Waals surface area contributed by atoms with Crippen molar-refractivity contribution in [1.82, 2.24) is 0 Å². The summed E-state index contributed by atoms with van der Waals surface area (Å²) in [5.41, 5.74) is 3.60. The summed E-state index contributed by atoms with van der Waals surface area (Å²) >= 11 is 0. The zero-order chi connectivity index (χ0) is 13.2. The lowest BCUT2D eigenvalue weighted by atomic mass is 9.98. The highest BCUT2D eigenvalue weighted by molar-refractivity contribution is 6.85. The Bertz CT molecular complexity index is 241. The van der Waals surface area contributed by atoms with E-state index in [0.717, 1.165) is 28.1 Å². The predicted molar refractivity (Wildman–Crippen MR) is 82.3 cm³/mol. The van der Waals surface area contributed by atoms with Crippen LogP contribution in [0.2, 0.25) is 22.2 Å². The summed E-state index contributed by atoms with van der Waals surface area (Å²) < 4.78 is 0. The predicted octanol–water partition coefficient (Wildman–Crippen LogP) is 6.02. The lowest BCUT2D eigenvalue weighted by Gasteiger charge is -2.49. The van der Waals surface area contributed by atoms with E-state index in [4.69, 9.17) is 0 Å². The van der Waals surface area contributed by atoms with Gasteiger partial charge in [-0.25, -0.2) is 0 Å². The third-order valence-electron chi connectivity index (χ3n) is 5.25. The Labute approximate surface area is 110 Å². The Balaban J connectivity index is 3.09. The van der Waals surface area contributed by atoms with E-state index < -0.39 is 8.07 Å². The second-order valence-electron chi connectivity index (χ2n) is 7.01. The monoisotopic (exact) mass is 252 g/mol. The van der Waals surface area contributed by atoms with Gasteiger partial charge in [0, 0.05) is 0 Å². The van der Waals surface area contributed by atoms with Gasteiger partial charge < -0.3 is 0 Å². The van der Waals surface area contributed by atoms with Crippen LogP contribution in [0.3, 0.4) is 0 Å². The van der Waals surface area contributed by atoms with Gasteiger partial charge in [-0.1, -0.05) is 77.2 Å². The smallest absolute Gasteiger partial charge is 0.0681 e. The van der Waals surface area contributed by atoms with Crippen molar-refractivity contribution >= 4 is 8.07 Å². The summed E-state index contributed by atoms with van der Waals surface area (Å²) in [4.78, 5) is 0. The van der Waals surface area contributed by atoms with Crippen LogP contribution in [-0.4, -0.2) is 8.07 Å². The first-order chi connectivity index (χ1) is 7.83. The number of hydrogen-bond acceptors (Lipinski definition) is 0. The normalized spacial score (nSPS) is 26.2. The molecule has 0 saturated heterocycles. The van der Waals surface area contributed by atoms with Gasteiger partial charge in [-0.2, -0.15) is 0 Å². The van der Waals surface area contributed by atoms with Crippen molar-refractivity contribution in [3.8, 4) is 0 Å². The molecule has 0 aromatic carbocycles. The van der Waals surface area contributed by atoms with Gasteiger partial charge in [0.2, 0.25) is 0 Å². The van der Waals surface area contributed by atoms with Gasteiger partial charge in [0.05, 0.1) is 8.07 Å². The van der Waals surface area contributed by atoms with Gasteiger partial charge >= 0.3 is 0 Å². The molecular weight excluding hydrogens is 220 g/mol. The van der Waals surface area contributed by atoms with Crippen LogP contribution < -0.4 is 0 Å². The molecule has 0 amide bonds. The van der Waals surface area contributed by atoms with Crippen molar-refractivity contribution in [2.45, 2.75) is 83.5 Å². The van der Waals surface area contributed by atoms with Crippen LogP contribution in [0.1, 0.15) is 61.3 Å². The van der Waals surface area contributed by atoms with Gasteiger partial charge in [0.25, 0.3) is 0 Å². The summed E-state index contributed by atoms with van der Waals surface area (Å²) in [5.74, 6) is 0.810. The Kier molecular flexibility index (Phi) is 5.06. The maximum absolute atomic E-state index is 2.60. The van der Waals surface area contributed by atoms with Crippen molar-refractivity contribution in [1.29, 1.82) is 0 Å². The van der Waals surface area contributed by atoms with E-state index in [2.05, 4.69) is 60.6 Å². The third-order valence-corrected chi connectivity index (χ3v) is 13.0. The molecule has 0 unspecified atom stereocenters. The van der Waals surface area contributed by atoms with Gasteiger partial charge in [0.1, 0.15) is 0 Å². The molecule has 0 heterocycles. The Morgan fingerprint density at radius 3 is 1.59 bits per heavy atom. The largest absolute Gasteiger partial charge is 0.0878 e. The van der Waals surface area contributed by atoms with Crippen LogP contribution in [0.25, 0.3) is 0 Å². The fourth-order valence-corrected chi connectivity index (χ4v) is 12.3. The van der Waals surface area contributed by atoms with Gasteiger partial charge in [-0.3, -0.25) is 0 Å². The molecule has 1 aliphatic rings. The SMILES string of the molecule is CC(C)[Si](C(C)C)(C(C)C)[C@@H]1C=C[C@H](C)CC1. The molecule has 0 radical (unpaired) electrons. The fraction of sp³-hybridized carbons (Fsp3) is 0.875. The number of allylic oxidation sites excluding steroid dienone is 2. The van der Waals surface area contributed by atoms with Crippen molar-refractivity contribution in [2.24, 2.45) is 5.92 Å². The summed E-state index contributed by atoms with van der Waals surface area (Å²) in [6.07, 6.45) is 7.93. The maximum Gasteiger partial charge on any atom is 0.0681 e. The molecule has 1 aliphatic carbocycles. The first-order valence-corrected chi connectivity index (χ1v) is 9.82. The molecule has 0 aromatic rings. The van der Waals surface area contributed by atoms with Crippen molar-refractivity contribution in [3.63, 3.8) is 0 Å². The molecule has 0 aromatic heterocycles. The quantitative estimate of drug-likeness (QED) is 0.424. The highest BCUT2D eigenvalue weighted by Gasteiger charge is 2.47. The topological polar surface area (TPSA) is 0 Å². The summed E-state index contributed by atoms with van der Waals surface area (Å²) in [6.45, 7) is 17.3. The molecule has 0 aliphatic heterocycles. The fourth-order valence-electron chi connectivity index (χ4n) is 4.66.